The summed E-state index contributed by atoms with van der Waals surface area (Å²) in [4.78, 5) is 0. The van der Waals surface area contributed by atoms with Crippen molar-refractivity contribution in [1.82, 2.24) is 0 Å². The van der Waals surface area contributed by atoms with Gasteiger partial charge in [0.1, 0.15) is 18.5 Å². The molecule has 0 saturated heterocycles. The molecule has 2 aromatic carbocycles. The number of hydrogen-bond donors (Lipinski definition) is 1. The summed E-state index contributed by atoms with van der Waals surface area (Å²) in [6.07, 6.45) is 1.45. The molecule has 0 amide bonds. The van der Waals surface area contributed by atoms with Gasteiger partial charge < -0.3 is 14.2 Å². The number of fused-ring (bicyclic) bond motifs is 1. The molecular weight excluding hydrogens is 356 g/mol. The Balaban J connectivity index is 1.73. The predicted octanol–water partition coefficient (Wildman–Crippen LogP) is 3.25. The van der Waals surface area contributed by atoms with Crippen molar-refractivity contribution in [2.24, 2.45) is 0 Å². The number of ether oxygens (including phenoxy) is 3. The Kier molecular flexibility index (Phi) is 5.68. The van der Waals surface area contributed by atoms with Crippen LogP contribution in [0.25, 0.3) is 0 Å². The lowest BCUT2D eigenvalue weighted by Crippen LogP contribution is -2.25. The van der Waals surface area contributed by atoms with Crippen LogP contribution in [0, 0.1) is 0 Å². The van der Waals surface area contributed by atoms with E-state index in [2.05, 4.69) is 0 Å². The topological polar surface area (TPSA) is 82.1 Å². The maximum Gasteiger partial charge on any atom is 0.264 e. The van der Waals surface area contributed by atoms with E-state index in [0.29, 0.717) is 30.3 Å². The van der Waals surface area contributed by atoms with E-state index < -0.39 is 10.1 Å². The first-order valence-electron chi connectivity index (χ1n) is 8.44. The molecule has 7 heteroatoms. The van der Waals surface area contributed by atoms with E-state index in [0.717, 1.165) is 17.5 Å². The summed E-state index contributed by atoms with van der Waals surface area (Å²) in [6, 6.07) is 13.5. The van der Waals surface area contributed by atoms with Crippen LogP contribution in [-0.4, -0.2) is 31.9 Å². The van der Waals surface area contributed by atoms with Gasteiger partial charge in [-0.3, -0.25) is 4.55 Å². The van der Waals surface area contributed by atoms with Crippen LogP contribution in [0.15, 0.2) is 42.5 Å². The van der Waals surface area contributed by atoms with E-state index >= 15 is 0 Å². The van der Waals surface area contributed by atoms with Gasteiger partial charge in [-0.25, -0.2) is 0 Å². The Labute approximate surface area is 153 Å². The van der Waals surface area contributed by atoms with Crippen LogP contribution < -0.4 is 14.2 Å². The maximum absolute atomic E-state index is 10.9. The quantitative estimate of drug-likeness (QED) is 0.745. The number of benzene rings is 2. The molecule has 3 rings (SSSR count). The molecular formula is C19H22O6S. The first kappa shape index (κ1) is 18.5. The van der Waals surface area contributed by atoms with Crippen LogP contribution in [0.1, 0.15) is 24.0 Å². The predicted molar refractivity (Wildman–Crippen MR) is 97.5 cm³/mol. The maximum atomic E-state index is 10.9. The molecule has 1 atom stereocenters. The van der Waals surface area contributed by atoms with Gasteiger partial charge >= 0.3 is 0 Å². The summed E-state index contributed by atoms with van der Waals surface area (Å²) < 4.78 is 48.0. The van der Waals surface area contributed by atoms with E-state index in [1.54, 1.807) is 13.2 Å². The van der Waals surface area contributed by atoms with Crippen LogP contribution in [0.2, 0.25) is 0 Å². The number of methoxy groups -OCH3 is 1. The third kappa shape index (κ3) is 4.89. The third-order valence-electron chi connectivity index (χ3n) is 4.31. The summed E-state index contributed by atoms with van der Waals surface area (Å²) in [6.45, 7) is 0.405. The zero-order valence-corrected chi connectivity index (χ0v) is 15.4. The monoisotopic (exact) mass is 378 g/mol. The van der Waals surface area contributed by atoms with Crippen molar-refractivity contribution in [2.45, 2.75) is 32.0 Å². The normalized spacial score (nSPS) is 16.5. The molecule has 0 aromatic heterocycles. The van der Waals surface area contributed by atoms with Crippen molar-refractivity contribution in [3.05, 3.63) is 53.6 Å². The molecule has 0 aliphatic carbocycles. The van der Waals surface area contributed by atoms with Crippen molar-refractivity contribution in [2.75, 3.05) is 12.9 Å². The molecule has 2 aromatic rings. The first-order chi connectivity index (χ1) is 12.4. The van der Waals surface area contributed by atoms with Crippen molar-refractivity contribution < 1.29 is 27.2 Å². The number of aryl methyl sites for hydroxylation is 1. The highest BCUT2D eigenvalue weighted by Crippen LogP contribution is 2.39. The summed E-state index contributed by atoms with van der Waals surface area (Å²) in [7, 11) is -2.39. The molecule has 0 fully saturated rings. The fourth-order valence-electron chi connectivity index (χ4n) is 2.93. The fraction of sp³-hybridized carbons (Fsp3) is 0.368. The first-order valence-corrected chi connectivity index (χ1v) is 10.0. The lowest BCUT2D eigenvalue weighted by Gasteiger charge is -2.27. The van der Waals surface area contributed by atoms with Gasteiger partial charge in [0.05, 0.1) is 12.9 Å². The Hall–Kier alpha value is -2.25. The Bertz CT molecular complexity index is 848. The summed E-state index contributed by atoms with van der Waals surface area (Å²) >= 11 is 0. The van der Waals surface area contributed by atoms with Crippen LogP contribution in [0.3, 0.4) is 0 Å². The zero-order valence-electron chi connectivity index (χ0n) is 14.6. The van der Waals surface area contributed by atoms with E-state index in [1.807, 2.05) is 36.4 Å². The Morgan fingerprint density at radius 1 is 1.19 bits per heavy atom. The Morgan fingerprint density at radius 3 is 2.65 bits per heavy atom. The fourth-order valence-corrected chi connectivity index (χ4v) is 3.50. The molecule has 6 nitrogen and oxygen atoms in total. The smallest absolute Gasteiger partial charge is 0.264 e. The number of hydrogen-bond acceptors (Lipinski definition) is 5. The molecule has 1 aliphatic heterocycles. The van der Waals surface area contributed by atoms with Gasteiger partial charge in [0.2, 0.25) is 0 Å². The van der Waals surface area contributed by atoms with E-state index in [4.69, 9.17) is 18.8 Å². The minimum absolute atomic E-state index is 0.250. The van der Waals surface area contributed by atoms with Crippen molar-refractivity contribution in [3.63, 3.8) is 0 Å². The molecule has 0 saturated carbocycles. The van der Waals surface area contributed by atoms with Gasteiger partial charge in [0, 0.05) is 12.5 Å². The van der Waals surface area contributed by atoms with E-state index in [9.17, 15) is 8.42 Å². The molecule has 140 valence electrons. The van der Waals surface area contributed by atoms with Gasteiger partial charge in [0.15, 0.2) is 11.5 Å². The van der Waals surface area contributed by atoms with E-state index in [-0.39, 0.29) is 18.3 Å². The minimum Gasteiger partial charge on any atom is -0.493 e. The second-order valence-corrected chi connectivity index (χ2v) is 7.81. The molecule has 0 unspecified atom stereocenters. The summed E-state index contributed by atoms with van der Waals surface area (Å²) in [5.74, 6) is 1.58. The highest BCUT2D eigenvalue weighted by atomic mass is 32.2. The summed E-state index contributed by atoms with van der Waals surface area (Å²) in [5.41, 5.74) is 2.04. The van der Waals surface area contributed by atoms with Crippen molar-refractivity contribution in [1.29, 1.82) is 0 Å². The average Bonchev–Trinajstić information content (AvgIpc) is 2.64. The molecule has 0 spiro atoms. The van der Waals surface area contributed by atoms with Gasteiger partial charge in [-0.15, -0.1) is 0 Å². The minimum atomic E-state index is -3.98. The number of rotatable bonds is 7. The zero-order chi connectivity index (χ0) is 18.6. The highest BCUT2D eigenvalue weighted by molar-refractivity contribution is 7.85. The van der Waals surface area contributed by atoms with Crippen LogP contribution in [0.4, 0.5) is 0 Å². The van der Waals surface area contributed by atoms with Gasteiger partial charge in [-0.05, 0) is 30.0 Å². The molecule has 1 N–H and O–H groups in total. The SMILES string of the molecule is COc1cc2c(cc1OCc1ccccc1)O[C@@H](CCS(=O)(=O)O)CC2. The molecule has 1 aliphatic rings. The Morgan fingerprint density at radius 2 is 1.96 bits per heavy atom. The average molecular weight is 378 g/mol. The third-order valence-corrected chi connectivity index (χ3v) is 5.06. The molecule has 26 heavy (non-hydrogen) atoms. The molecule has 0 bridgehead atoms. The molecule has 0 radical (unpaired) electrons. The van der Waals surface area contributed by atoms with Gasteiger partial charge in [0.25, 0.3) is 10.1 Å². The second-order valence-electron chi connectivity index (χ2n) is 6.24. The van der Waals surface area contributed by atoms with Crippen molar-refractivity contribution in [3.8, 4) is 17.2 Å². The highest BCUT2D eigenvalue weighted by Gasteiger charge is 2.24. The summed E-state index contributed by atoms with van der Waals surface area (Å²) in [5, 5.41) is 0. The second kappa shape index (κ2) is 7.97. The van der Waals surface area contributed by atoms with Gasteiger partial charge in [-0.2, -0.15) is 8.42 Å². The largest absolute Gasteiger partial charge is 0.493 e. The van der Waals surface area contributed by atoms with Crippen LogP contribution in [-0.2, 0) is 23.1 Å². The van der Waals surface area contributed by atoms with Gasteiger partial charge in [-0.1, -0.05) is 30.3 Å². The lowest BCUT2D eigenvalue weighted by atomic mass is 10.0. The van der Waals surface area contributed by atoms with Crippen molar-refractivity contribution >= 4 is 10.1 Å². The van der Waals surface area contributed by atoms with Crippen LogP contribution >= 0.6 is 0 Å². The lowest BCUT2D eigenvalue weighted by molar-refractivity contribution is 0.167. The van der Waals surface area contributed by atoms with Crippen LogP contribution in [0.5, 0.6) is 17.2 Å². The molecule has 1 heterocycles. The van der Waals surface area contributed by atoms with E-state index in [1.165, 1.54) is 0 Å². The standard InChI is InChI=1S/C19H22O6S/c1-23-18-11-15-7-8-16(9-10-26(20,21)22)25-17(15)12-19(18)24-13-14-5-3-2-4-6-14/h2-6,11-12,16H,7-10,13H2,1H3,(H,20,21,22)/t16-/m1/s1.